The summed E-state index contributed by atoms with van der Waals surface area (Å²) in [7, 11) is 2.11. The summed E-state index contributed by atoms with van der Waals surface area (Å²) in [4.78, 5) is 21.2. The Morgan fingerprint density at radius 1 is 1.13 bits per heavy atom. The van der Waals surface area contributed by atoms with Gasteiger partial charge < -0.3 is 15.5 Å². The van der Waals surface area contributed by atoms with Crippen molar-refractivity contribution in [2.75, 3.05) is 38.1 Å². The van der Waals surface area contributed by atoms with E-state index in [0.29, 0.717) is 11.3 Å². The molecule has 23 heavy (non-hydrogen) atoms. The highest BCUT2D eigenvalue weighted by molar-refractivity contribution is 6.04. The van der Waals surface area contributed by atoms with Crippen LogP contribution in [0.15, 0.2) is 36.5 Å². The third kappa shape index (κ3) is 3.05. The van der Waals surface area contributed by atoms with Gasteiger partial charge in [0.05, 0.1) is 16.9 Å². The summed E-state index contributed by atoms with van der Waals surface area (Å²) in [5, 5.41) is 0. The summed E-state index contributed by atoms with van der Waals surface area (Å²) >= 11 is 0. The molecule has 1 aromatic heterocycles. The van der Waals surface area contributed by atoms with Crippen molar-refractivity contribution in [2.24, 2.45) is 5.73 Å². The summed E-state index contributed by atoms with van der Waals surface area (Å²) in [6.07, 6.45) is 1.77. The lowest BCUT2D eigenvalue weighted by atomic mass is 9.99. The van der Waals surface area contributed by atoms with E-state index in [4.69, 9.17) is 5.73 Å². The highest BCUT2D eigenvalue weighted by Gasteiger charge is 2.23. The Morgan fingerprint density at radius 3 is 2.48 bits per heavy atom. The van der Waals surface area contributed by atoms with Gasteiger partial charge in [0.25, 0.3) is 5.91 Å². The van der Waals surface area contributed by atoms with E-state index in [1.807, 2.05) is 37.3 Å². The van der Waals surface area contributed by atoms with Crippen molar-refractivity contribution in [1.29, 1.82) is 0 Å². The van der Waals surface area contributed by atoms with Gasteiger partial charge >= 0.3 is 0 Å². The molecule has 1 saturated heterocycles. The summed E-state index contributed by atoms with van der Waals surface area (Å²) in [6, 6.07) is 9.83. The quantitative estimate of drug-likeness (QED) is 0.940. The van der Waals surface area contributed by atoms with E-state index in [9.17, 15) is 4.79 Å². The number of primary amides is 1. The fourth-order valence-corrected chi connectivity index (χ4v) is 3.05. The lowest BCUT2D eigenvalue weighted by molar-refractivity contribution is 0.100. The minimum atomic E-state index is -0.426. The number of carbonyl (C=O) groups is 1. The van der Waals surface area contributed by atoms with E-state index in [1.165, 1.54) is 0 Å². The number of amides is 1. The first kappa shape index (κ1) is 15.5. The number of nitrogens with zero attached hydrogens (tertiary/aromatic N) is 3. The maximum atomic E-state index is 12.2. The molecular formula is C18H22N4O. The molecule has 0 atom stereocenters. The smallest absolute Gasteiger partial charge is 0.253 e. The van der Waals surface area contributed by atoms with Crippen molar-refractivity contribution >= 4 is 11.6 Å². The maximum Gasteiger partial charge on any atom is 0.253 e. The predicted octanol–water partition coefficient (Wildman–Crippen LogP) is 1.91. The number of pyridine rings is 1. The Balaban J connectivity index is 2.10. The van der Waals surface area contributed by atoms with Crippen molar-refractivity contribution < 1.29 is 4.79 Å². The summed E-state index contributed by atoms with van der Waals surface area (Å²) in [5.74, 6) is -0.426. The zero-order chi connectivity index (χ0) is 16.4. The van der Waals surface area contributed by atoms with E-state index in [1.54, 1.807) is 6.20 Å². The molecule has 0 saturated carbocycles. The highest BCUT2D eigenvalue weighted by Crippen LogP contribution is 2.31. The van der Waals surface area contributed by atoms with Crippen LogP contribution < -0.4 is 10.6 Å². The number of hydrogen-bond acceptors (Lipinski definition) is 4. The molecule has 0 bridgehead atoms. The van der Waals surface area contributed by atoms with Gasteiger partial charge in [-0.2, -0.15) is 0 Å². The largest absolute Gasteiger partial charge is 0.368 e. The van der Waals surface area contributed by atoms with Gasteiger partial charge in [0.2, 0.25) is 0 Å². The zero-order valence-corrected chi connectivity index (χ0v) is 13.6. The van der Waals surface area contributed by atoms with Crippen LogP contribution >= 0.6 is 0 Å². The Kier molecular flexibility index (Phi) is 4.30. The van der Waals surface area contributed by atoms with E-state index in [-0.39, 0.29) is 0 Å². The van der Waals surface area contributed by atoms with Gasteiger partial charge in [0, 0.05) is 37.9 Å². The molecule has 1 aliphatic rings. The normalized spacial score (nSPS) is 15.7. The lowest BCUT2D eigenvalue weighted by Crippen LogP contribution is -2.45. The van der Waals surface area contributed by atoms with Crippen LogP contribution in [0.3, 0.4) is 0 Å². The molecule has 0 unspecified atom stereocenters. The Labute approximate surface area is 136 Å². The predicted molar refractivity (Wildman–Crippen MR) is 92.6 cm³/mol. The minimum Gasteiger partial charge on any atom is -0.368 e. The fraction of sp³-hybridized carbons (Fsp3) is 0.333. The van der Waals surface area contributed by atoms with Crippen LogP contribution in [-0.2, 0) is 0 Å². The van der Waals surface area contributed by atoms with Gasteiger partial charge in [-0.15, -0.1) is 0 Å². The van der Waals surface area contributed by atoms with Gasteiger partial charge in [-0.3, -0.25) is 9.78 Å². The molecule has 5 heteroatoms. The fourth-order valence-electron chi connectivity index (χ4n) is 3.05. The molecule has 5 nitrogen and oxygen atoms in total. The summed E-state index contributed by atoms with van der Waals surface area (Å²) in [5.41, 5.74) is 9.84. The summed E-state index contributed by atoms with van der Waals surface area (Å²) < 4.78 is 0. The van der Waals surface area contributed by atoms with Crippen LogP contribution in [0.1, 0.15) is 15.9 Å². The average Bonchev–Trinajstić information content (AvgIpc) is 2.55. The molecule has 1 fully saturated rings. The van der Waals surface area contributed by atoms with Crippen LogP contribution in [0.25, 0.3) is 11.3 Å². The number of carbonyl (C=O) groups excluding carboxylic acids is 1. The molecule has 0 aliphatic carbocycles. The van der Waals surface area contributed by atoms with Crippen molar-refractivity contribution in [1.82, 2.24) is 9.88 Å². The van der Waals surface area contributed by atoms with Crippen molar-refractivity contribution in [3.8, 4) is 11.3 Å². The molecule has 3 rings (SSSR count). The van der Waals surface area contributed by atoms with Gasteiger partial charge in [-0.1, -0.05) is 24.3 Å². The van der Waals surface area contributed by atoms with Gasteiger partial charge in [0.1, 0.15) is 0 Å². The first-order valence-electron chi connectivity index (χ1n) is 7.86. The van der Waals surface area contributed by atoms with Crippen molar-refractivity contribution in [3.05, 3.63) is 47.7 Å². The minimum absolute atomic E-state index is 0.426. The standard InChI is InChI=1S/C18H22N4O/c1-13-5-3-4-6-14(13)17-16(18(19)23)15(7-8-20-17)22-11-9-21(2)10-12-22/h3-8H,9-12H2,1-2H3,(H2,19,23). The second-order valence-corrected chi connectivity index (χ2v) is 6.02. The van der Waals surface area contributed by atoms with Crippen molar-refractivity contribution in [3.63, 3.8) is 0 Å². The molecule has 0 radical (unpaired) electrons. The van der Waals surface area contributed by atoms with E-state index in [2.05, 4.69) is 21.8 Å². The van der Waals surface area contributed by atoms with E-state index < -0.39 is 5.91 Å². The third-order valence-corrected chi connectivity index (χ3v) is 4.42. The Morgan fingerprint density at radius 2 is 1.83 bits per heavy atom. The molecule has 1 aromatic carbocycles. The number of rotatable bonds is 3. The third-order valence-electron chi connectivity index (χ3n) is 4.42. The molecule has 120 valence electrons. The molecule has 1 aliphatic heterocycles. The number of benzene rings is 1. The van der Waals surface area contributed by atoms with Crippen molar-refractivity contribution in [2.45, 2.75) is 6.92 Å². The first-order valence-corrected chi connectivity index (χ1v) is 7.86. The van der Waals surface area contributed by atoms with Crippen LogP contribution in [0.4, 0.5) is 5.69 Å². The zero-order valence-electron chi connectivity index (χ0n) is 13.6. The molecule has 2 aromatic rings. The molecule has 2 N–H and O–H groups in total. The Hall–Kier alpha value is -2.40. The number of likely N-dealkylation sites (N-methyl/N-ethyl adjacent to an activating group) is 1. The topological polar surface area (TPSA) is 62.5 Å². The molecule has 2 heterocycles. The van der Waals surface area contributed by atoms with Crippen LogP contribution in [-0.4, -0.2) is 49.0 Å². The first-order chi connectivity index (χ1) is 11.1. The number of piperazine rings is 1. The maximum absolute atomic E-state index is 12.2. The number of anilines is 1. The summed E-state index contributed by atoms with van der Waals surface area (Å²) in [6.45, 7) is 5.73. The van der Waals surface area contributed by atoms with Crippen LogP contribution in [0, 0.1) is 6.92 Å². The lowest BCUT2D eigenvalue weighted by Gasteiger charge is -2.35. The van der Waals surface area contributed by atoms with E-state index >= 15 is 0 Å². The Bertz CT molecular complexity index is 721. The van der Waals surface area contributed by atoms with Gasteiger partial charge in [-0.25, -0.2) is 0 Å². The number of hydrogen-bond donors (Lipinski definition) is 1. The van der Waals surface area contributed by atoms with Crippen LogP contribution in [0.5, 0.6) is 0 Å². The average molecular weight is 310 g/mol. The van der Waals surface area contributed by atoms with Gasteiger partial charge in [0.15, 0.2) is 0 Å². The van der Waals surface area contributed by atoms with E-state index in [0.717, 1.165) is 43.0 Å². The van der Waals surface area contributed by atoms with Gasteiger partial charge in [-0.05, 0) is 25.6 Å². The number of nitrogens with two attached hydrogens (primary N) is 1. The van der Waals surface area contributed by atoms with Crippen LogP contribution in [0.2, 0.25) is 0 Å². The molecular weight excluding hydrogens is 288 g/mol. The second-order valence-electron chi connectivity index (χ2n) is 6.02. The number of aromatic nitrogens is 1. The monoisotopic (exact) mass is 310 g/mol. The molecule has 0 spiro atoms. The number of aryl methyl sites for hydroxylation is 1. The highest BCUT2D eigenvalue weighted by atomic mass is 16.1. The molecule has 1 amide bonds. The second kappa shape index (κ2) is 6.38. The SMILES string of the molecule is Cc1ccccc1-c1nccc(N2CCN(C)CC2)c1C(N)=O.